The molecule has 8 heteroatoms. The predicted octanol–water partition coefficient (Wildman–Crippen LogP) is 3.97. The molecule has 2 N–H and O–H groups in total. The summed E-state index contributed by atoms with van der Waals surface area (Å²) < 4.78 is 2.80. The summed E-state index contributed by atoms with van der Waals surface area (Å²) >= 11 is 2.18. The summed E-state index contributed by atoms with van der Waals surface area (Å²) in [5.74, 6) is 1.46. The molecule has 1 aliphatic carbocycles. The summed E-state index contributed by atoms with van der Waals surface area (Å²) in [4.78, 5) is 24.7. The van der Waals surface area contributed by atoms with Crippen LogP contribution in [0.1, 0.15) is 37.3 Å². The van der Waals surface area contributed by atoms with Crippen LogP contribution in [-0.2, 0) is 0 Å². The second kappa shape index (κ2) is 8.74. The van der Waals surface area contributed by atoms with E-state index in [1.54, 1.807) is 0 Å². The Morgan fingerprint density at radius 2 is 1.84 bits per heavy atom. The molecule has 4 heterocycles. The Labute approximate surface area is 195 Å². The summed E-state index contributed by atoms with van der Waals surface area (Å²) in [6.07, 6.45) is 8.29. The maximum Gasteiger partial charge on any atom is 0.265 e. The minimum atomic E-state index is 0.119. The Hall–Kier alpha value is -2.20. The number of hydrogen-bond acceptors (Lipinski definition) is 6. The van der Waals surface area contributed by atoms with E-state index >= 15 is 0 Å². The Morgan fingerprint density at radius 3 is 2.55 bits per heavy atom. The predicted molar refractivity (Wildman–Crippen MR) is 134 cm³/mol. The molecule has 5 rings (SSSR count). The molecular formula is C23H27IN6O. The van der Waals surface area contributed by atoms with Gasteiger partial charge in [-0.25, -0.2) is 9.97 Å². The van der Waals surface area contributed by atoms with Crippen LogP contribution < -0.4 is 21.1 Å². The van der Waals surface area contributed by atoms with Crippen LogP contribution in [-0.4, -0.2) is 40.7 Å². The van der Waals surface area contributed by atoms with Gasteiger partial charge >= 0.3 is 0 Å². The van der Waals surface area contributed by atoms with Crippen molar-refractivity contribution < 1.29 is 0 Å². The maximum atomic E-state index is 13.1. The van der Waals surface area contributed by atoms with E-state index in [9.17, 15) is 4.79 Å². The summed E-state index contributed by atoms with van der Waals surface area (Å²) in [6, 6.07) is 6.37. The van der Waals surface area contributed by atoms with E-state index < -0.39 is 0 Å². The monoisotopic (exact) mass is 527 g/mol. The third kappa shape index (κ3) is 4.03. The highest BCUT2D eigenvalue weighted by atomic mass is 124. The minimum absolute atomic E-state index is 0.119. The summed E-state index contributed by atoms with van der Waals surface area (Å²) in [5, 5.41) is 7.74. The van der Waals surface area contributed by atoms with Crippen LogP contribution >= 0.6 is 22.6 Å². The molecule has 0 unspecified atom stereocenters. The van der Waals surface area contributed by atoms with Gasteiger partial charge < -0.3 is 20.1 Å². The SMILES string of the molecule is Cc1c([124I])c(=O)n(C2CCCC2)c2cc(Nc3ccc(N4CCNCC4)cn3)ncc12. The number of rotatable bonds is 4. The number of nitrogens with one attached hydrogen (secondary N) is 2. The smallest absolute Gasteiger partial charge is 0.265 e. The molecule has 1 aliphatic heterocycles. The van der Waals surface area contributed by atoms with Gasteiger partial charge in [0.05, 0.1) is 21.0 Å². The molecule has 0 atom stereocenters. The second-order valence-corrected chi connectivity index (χ2v) is 9.48. The molecule has 2 aliphatic rings. The van der Waals surface area contributed by atoms with Crippen LogP contribution in [0.2, 0.25) is 0 Å². The van der Waals surface area contributed by atoms with Crippen LogP contribution in [0.25, 0.3) is 10.9 Å². The largest absolute Gasteiger partial charge is 0.368 e. The van der Waals surface area contributed by atoms with Crippen LogP contribution in [0.15, 0.2) is 35.4 Å². The van der Waals surface area contributed by atoms with Crippen molar-refractivity contribution in [3.8, 4) is 0 Å². The van der Waals surface area contributed by atoms with Crippen molar-refractivity contribution in [2.75, 3.05) is 36.4 Å². The number of halogens is 1. The van der Waals surface area contributed by atoms with Gasteiger partial charge in [0.25, 0.3) is 5.56 Å². The minimum Gasteiger partial charge on any atom is -0.368 e. The standard InChI is InChI=1S/C23H27IN6O/c1-15-18-14-27-21(12-19(18)30(23(31)22(15)24)16-4-2-3-5-16)28-20-7-6-17(13-26-20)29-10-8-25-9-11-29/h6-7,12-14,16,25H,2-5,8-11H2,1H3,(H,26,27,28)/i24-3. The average molecular weight is 527 g/mol. The highest BCUT2D eigenvalue weighted by Crippen LogP contribution is 2.33. The molecule has 0 radical (unpaired) electrons. The van der Waals surface area contributed by atoms with E-state index in [1.807, 2.05) is 36.0 Å². The molecule has 3 aromatic heterocycles. The molecule has 3 aromatic rings. The fraction of sp³-hybridized carbons (Fsp3) is 0.435. The van der Waals surface area contributed by atoms with Crippen LogP contribution in [0.3, 0.4) is 0 Å². The molecule has 7 nitrogen and oxygen atoms in total. The number of aromatic nitrogens is 3. The third-order valence-electron chi connectivity index (χ3n) is 6.46. The van der Waals surface area contributed by atoms with Crippen molar-refractivity contribution in [1.82, 2.24) is 19.9 Å². The average Bonchev–Trinajstić information content (AvgIpc) is 3.33. The highest BCUT2D eigenvalue weighted by Gasteiger charge is 2.23. The fourth-order valence-corrected chi connectivity index (χ4v) is 5.27. The highest BCUT2D eigenvalue weighted by molar-refractivity contribution is 14.1. The van der Waals surface area contributed by atoms with Gasteiger partial charge in [-0.2, -0.15) is 0 Å². The number of fused-ring (bicyclic) bond motifs is 1. The quantitative estimate of drug-likeness (QED) is 0.501. The lowest BCUT2D eigenvalue weighted by atomic mass is 10.1. The zero-order chi connectivity index (χ0) is 21.4. The number of hydrogen-bond donors (Lipinski definition) is 2. The van der Waals surface area contributed by atoms with Gasteiger partial charge in [0.15, 0.2) is 0 Å². The number of anilines is 3. The molecule has 2 fully saturated rings. The molecular weight excluding hydrogens is 500 g/mol. The lowest BCUT2D eigenvalue weighted by Gasteiger charge is -2.29. The molecule has 0 aromatic carbocycles. The van der Waals surface area contributed by atoms with E-state index in [0.29, 0.717) is 5.82 Å². The molecule has 162 valence electrons. The van der Waals surface area contributed by atoms with Gasteiger partial charge in [-0.3, -0.25) is 4.79 Å². The lowest BCUT2D eigenvalue weighted by molar-refractivity contribution is 0.517. The first-order valence-corrected chi connectivity index (χ1v) is 12.1. The second-order valence-electron chi connectivity index (χ2n) is 8.40. The van der Waals surface area contributed by atoms with Crippen molar-refractivity contribution in [1.29, 1.82) is 0 Å². The molecule has 1 saturated heterocycles. The van der Waals surface area contributed by atoms with Gasteiger partial charge in [0, 0.05) is 49.9 Å². The Balaban J connectivity index is 1.47. The zero-order valence-electron chi connectivity index (χ0n) is 17.7. The molecule has 1 saturated carbocycles. The van der Waals surface area contributed by atoms with Crippen molar-refractivity contribution in [2.45, 2.75) is 38.6 Å². The van der Waals surface area contributed by atoms with Crippen LogP contribution in [0, 0.1) is 10.5 Å². The number of aryl methyl sites for hydroxylation is 1. The summed E-state index contributed by atoms with van der Waals surface area (Å²) in [5.41, 5.74) is 3.23. The van der Waals surface area contributed by atoms with E-state index in [-0.39, 0.29) is 11.6 Å². The Morgan fingerprint density at radius 1 is 1.10 bits per heavy atom. The fourth-order valence-electron chi connectivity index (χ4n) is 4.72. The first kappa shape index (κ1) is 20.7. The Kier molecular flexibility index (Phi) is 5.83. The van der Waals surface area contributed by atoms with Crippen molar-refractivity contribution in [2.24, 2.45) is 0 Å². The topological polar surface area (TPSA) is 75.1 Å². The molecule has 31 heavy (non-hydrogen) atoms. The van der Waals surface area contributed by atoms with Crippen molar-refractivity contribution in [3.05, 3.63) is 50.1 Å². The van der Waals surface area contributed by atoms with Gasteiger partial charge in [-0.1, -0.05) is 12.8 Å². The molecule has 0 spiro atoms. The van der Waals surface area contributed by atoms with E-state index in [4.69, 9.17) is 0 Å². The summed E-state index contributed by atoms with van der Waals surface area (Å²) in [7, 11) is 0. The maximum absolute atomic E-state index is 13.1. The lowest BCUT2D eigenvalue weighted by Crippen LogP contribution is -2.43. The number of piperazine rings is 1. The van der Waals surface area contributed by atoms with Crippen LogP contribution in [0.5, 0.6) is 0 Å². The van der Waals surface area contributed by atoms with Gasteiger partial charge in [-0.05, 0) is 60.1 Å². The zero-order valence-corrected chi connectivity index (χ0v) is 19.9. The normalized spacial score (nSPS) is 17.4. The molecule has 0 bridgehead atoms. The summed E-state index contributed by atoms with van der Waals surface area (Å²) in [6.45, 7) is 6.01. The van der Waals surface area contributed by atoms with E-state index in [0.717, 1.165) is 70.6 Å². The van der Waals surface area contributed by atoms with Gasteiger partial charge in [0.2, 0.25) is 0 Å². The number of pyridine rings is 3. The van der Waals surface area contributed by atoms with Crippen molar-refractivity contribution >= 4 is 50.8 Å². The molecule has 0 amide bonds. The van der Waals surface area contributed by atoms with Gasteiger partial charge in [0.1, 0.15) is 11.6 Å². The first-order valence-electron chi connectivity index (χ1n) is 11.0. The van der Waals surface area contributed by atoms with Crippen molar-refractivity contribution in [3.63, 3.8) is 0 Å². The van der Waals surface area contributed by atoms with Crippen LogP contribution in [0.4, 0.5) is 17.3 Å². The van der Waals surface area contributed by atoms with E-state index in [2.05, 4.69) is 54.2 Å². The third-order valence-corrected chi connectivity index (χ3v) is 7.73. The Bertz CT molecular complexity index is 1150. The van der Waals surface area contributed by atoms with Gasteiger partial charge in [-0.15, -0.1) is 0 Å². The van der Waals surface area contributed by atoms with E-state index in [1.165, 1.54) is 12.8 Å². The number of nitrogens with zero attached hydrogens (tertiary/aromatic N) is 4. The first-order chi connectivity index (χ1) is 15.1.